The van der Waals surface area contributed by atoms with Gasteiger partial charge >= 0.3 is 0 Å². The second kappa shape index (κ2) is 7.10. The van der Waals surface area contributed by atoms with Crippen molar-refractivity contribution in [1.29, 1.82) is 0 Å². The van der Waals surface area contributed by atoms with Crippen LogP contribution >= 0.6 is 27.3 Å². The Morgan fingerprint density at radius 1 is 1.12 bits per heavy atom. The number of rotatable bonds is 3. The van der Waals surface area contributed by atoms with Crippen LogP contribution in [0.3, 0.4) is 0 Å². The Labute approximate surface area is 166 Å². The van der Waals surface area contributed by atoms with Crippen LogP contribution in [-0.4, -0.2) is 49.7 Å². The minimum Gasteiger partial charge on any atom is -0.465 e. The maximum atomic E-state index is 12.9. The molecule has 0 saturated carbocycles. The predicted molar refractivity (Wildman–Crippen MR) is 104 cm³/mol. The lowest BCUT2D eigenvalue weighted by Crippen LogP contribution is -2.50. The van der Waals surface area contributed by atoms with Crippen LogP contribution in [-0.2, 0) is 10.0 Å². The SMILES string of the molecule is Cc1cc(S(=O)(=O)N2CCN(C(=O)c3c(C)oc(C)c3Br)CC2)c(C)s1. The normalized spacial score (nSPS) is 16.3. The van der Waals surface area contributed by atoms with Gasteiger partial charge < -0.3 is 9.32 Å². The molecule has 0 radical (unpaired) electrons. The van der Waals surface area contributed by atoms with Crippen molar-refractivity contribution >= 4 is 43.2 Å². The molecule has 0 aliphatic carbocycles. The zero-order valence-electron chi connectivity index (χ0n) is 15.1. The van der Waals surface area contributed by atoms with Crippen molar-refractivity contribution in [2.45, 2.75) is 32.6 Å². The third kappa shape index (κ3) is 3.37. The van der Waals surface area contributed by atoms with Crippen LogP contribution < -0.4 is 0 Å². The number of nitrogens with zero attached hydrogens (tertiary/aromatic N) is 2. The third-order valence-electron chi connectivity index (χ3n) is 4.54. The number of aryl methyl sites for hydroxylation is 4. The Bertz CT molecular complexity index is 954. The number of thiophene rings is 1. The Morgan fingerprint density at radius 2 is 1.73 bits per heavy atom. The van der Waals surface area contributed by atoms with E-state index < -0.39 is 10.0 Å². The summed E-state index contributed by atoms with van der Waals surface area (Å²) >= 11 is 4.89. The number of halogens is 1. The molecule has 1 amide bonds. The molecule has 0 N–H and O–H groups in total. The molecule has 1 aliphatic rings. The van der Waals surface area contributed by atoms with Gasteiger partial charge in [-0.15, -0.1) is 11.3 Å². The number of hydrogen-bond acceptors (Lipinski definition) is 5. The summed E-state index contributed by atoms with van der Waals surface area (Å²) in [6.45, 7) is 8.57. The van der Waals surface area contributed by atoms with Crippen molar-refractivity contribution in [3.8, 4) is 0 Å². The van der Waals surface area contributed by atoms with E-state index in [1.807, 2.05) is 13.8 Å². The van der Waals surface area contributed by atoms with E-state index in [2.05, 4.69) is 15.9 Å². The van der Waals surface area contributed by atoms with Crippen molar-refractivity contribution in [3.63, 3.8) is 0 Å². The van der Waals surface area contributed by atoms with Crippen molar-refractivity contribution in [3.05, 3.63) is 37.4 Å². The maximum Gasteiger partial charge on any atom is 0.258 e. The summed E-state index contributed by atoms with van der Waals surface area (Å²) in [6.07, 6.45) is 0. The number of amides is 1. The summed E-state index contributed by atoms with van der Waals surface area (Å²) in [4.78, 5) is 16.6. The van der Waals surface area contributed by atoms with Gasteiger partial charge in [0.1, 0.15) is 11.5 Å². The molecule has 9 heteroatoms. The van der Waals surface area contributed by atoms with Gasteiger partial charge in [-0.1, -0.05) is 0 Å². The van der Waals surface area contributed by atoms with Gasteiger partial charge in [0.2, 0.25) is 10.0 Å². The summed E-state index contributed by atoms with van der Waals surface area (Å²) < 4.78 is 33.4. The lowest BCUT2D eigenvalue weighted by atomic mass is 10.2. The van der Waals surface area contributed by atoms with Crippen molar-refractivity contribution in [2.24, 2.45) is 0 Å². The first-order chi connectivity index (χ1) is 12.1. The number of piperazine rings is 1. The molecular weight excluding hydrogens is 440 g/mol. The van der Waals surface area contributed by atoms with E-state index >= 15 is 0 Å². The highest BCUT2D eigenvalue weighted by molar-refractivity contribution is 9.10. The summed E-state index contributed by atoms with van der Waals surface area (Å²) in [7, 11) is -3.52. The number of carbonyl (C=O) groups excluding carboxylic acids is 1. The van der Waals surface area contributed by atoms with E-state index in [1.54, 1.807) is 24.8 Å². The smallest absolute Gasteiger partial charge is 0.258 e. The van der Waals surface area contributed by atoms with E-state index in [0.29, 0.717) is 39.5 Å². The summed E-state index contributed by atoms with van der Waals surface area (Å²) in [6, 6.07) is 1.72. The molecule has 0 bridgehead atoms. The number of sulfonamides is 1. The van der Waals surface area contributed by atoms with Crippen molar-refractivity contribution < 1.29 is 17.6 Å². The third-order valence-corrected chi connectivity index (χ3v) is 8.61. The molecule has 26 heavy (non-hydrogen) atoms. The van der Waals surface area contributed by atoms with Gasteiger partial charge in [0, 0.05) is 35.9 Å². The minimum atomic E-state index is -3.52. The average molecular weight is 461 g/mol. The predicted octanol–water partition coefficient (Wildman–Crippen LogP) is 3.48. The highest BCUT2D eigenvalue weighted by Crippen LogP contribution is 2.30. The second-order valence-electron chi connectivity index (χ2n) is 6.38. The summed E-state index contributed by atoms with van der Waals surface area (Å²) in [5.41, 5.74) is 0.517. The van der Waals surface area contributed by atoms with Crippen LogP contribution in [0.4, 0.5) is 0 Å². The molecule has 2 aromatic heterocycles. The van der Waals surface area contributed by atoms with Crippen LogP contribution in [0.25, 0.3) is 0 Å². The fourth-order valence-corrected chi connectivity index (χ4v) is 6.67. The molecule has 3 rings (SSSR count). The highest BCUT2D eigenvalue weighted by atomic mass is 79.9. The highest BCUT2D eigenvalue weighted by Gasteiger charge is 2.33. The fourth-order valence-electron chi connectivity index (χ4n) is 3.19. The molecule has 0 atom stereocenters. The van der Waals surface area contributed by atoms with Gasteiger partial charge in [-0.05, 0) is 49.7 Å². The van der Waals surface area contributed by atoms with E-state index in [1.165, 1.54) is 15.6 Å². The van der Waals surface area contributed by atoms with Gasteiger partial charge in [0.25, 0.3) is 5.91 Å². The maximum absolute atomic E-state index is 12.9. The Morgan fingerprint density at radius 3 is 2.19 bits per heavy atom. The molecule has 0 aromatic carbocycles. The molecule has 1 fully saturated rings. The number of carbonyl (C=O) groups is 1. The van der Waals surface area contributed by atoms with Crippen molar-refractivity contribution in [2.75, 3.05) is 26.2 Å². The van der Waals surface area contributed by atoms with Crippen LogP contribution in [0, 0.1) is 27.7 Å². The zero-order valence-corrected chi connectivity index (χ0v) is 18.3. The number of hydrogen-bond donors (Lipinski definition) is 0. The number of furan rings is 1. The summed E-state index contributed by atoms with van der Waals surface area (Å²) in [5, 5.41) is 0. The molecule has 6 nitrogen and oxygen atoms in total. The molecule has 1 saturated heterocycles. The standard InChI is InChI=1S/C17H21BrN2O4S2/c1-10-9-14(13(4)25-10)26(22,23)20-7-5-19(6-8-20)17(21)15-11(2)24-12(3)16(15)18/h9H,5-8H2,1-4H3. The topological polar surface area (TPSA) is 70.8 Å². The van der Waals surface area contributed by atoms with Gasteiger partial charge in [-0.2, -0.15) is 4.31 Å². The average Bonchev–Trinajstić information content (AvgIpc) is 3.05. The zero-order chi connectivity index (χ0) is 19.2. The van der Waals surface area contributed by atoms with Crippen molar-refractivity contribution in [1.82, 2.24) is 9.21 Å². The van der Waals surface area contributed by atoms with E-state index in [4.69, 9.17) is 4.42 Å². The molecule has 0 spiro atoms. The van der Waals surface area contributed by atoms with Gasteiger partial charge in [0.15, 0.2) is 0 Å². The monoisotopic (exact) mass is 460 g/mol. The molecule has 3 heterocycles. The molecule has 0 unspecified atom stereocenters. The minimum absolute atomic E-state index is 0.133. The van der Waals surface area contributed by atoms with E-state index in [-0.39, 0.29) is 19.0 Å². The van der Waals surface area contributed by atoms with E-state index in [0.717, 1.165) is 9.75 Å². The van der Waals surface area contributed by atoms with E-state index in [9.17, 15) is 13.2 Å². The second-order valence-corrected chi connectivity index (χ2v) is 10.5. The van der Waals surface area contributed by atoms with Crippen LogP contribution in [0.2, 0.25) is 0 Å². The van der Waals surface area contributed by atoms with Gasteiger partial charge in [-0.3, -0.25) is 4.79 Å². The lowest BCUT2D eigenvalue weighted by Gasteiger charge is -2.34. The van der Waals surface area contributed by atoms with Gasteiger partial charge in [0.05, 0.1) is 14.9 Å². The Hall–Kier alpha value is -1.16. The summed E-state index contributed by atoms with van der Waals surface area (Å²) in [5.74, 6) is 1.10. The first-order valence-corrected chi connectivity index (χ1v) is 11.3. The fraction of sp³-hybridized carbons (Fsp3) is 0.471. The quantitative estimate of drug-likeness (QED) is 0.702. The molecular formula is C17H21BrN2O4S2. The molecule has 2 aromatic rings. The van der Waals surface area contributed by atoms with Crippen LogP contribution in [0.1, 0.15) is 31.6 Å². The molecule has 1 aliphatic heterocycles. The van der Waals surface area contributed by atoms with Crippen LogP contribution in [0.15, 0.2) is 19.9 Å². The Kier molecular flexibility index (Phi) is 5.35. The van der Waals surface area contributed by atoms with Crippen LogP contribution in [0.5, 0.6) is 0 Å². The Balaban J connectivity index is 1.75. The first kappa shape index (κ1) is 19.6. The van der Waals surface area contributed by atoms with Gasteiger partial charge in [-0.25, -0.2) is 8.42 Å². The largest absolute Gasteiger partial charge is 0.465 e. The molecule has 142 valence electrons. The first-order valence-electron chi connectivity index (χ1n) is 8.25. The lowest BCUT2D eigenvalue weighted by molar-refractivity contribution is 0.0695.